The second-order valence-electron chi connectivity index (χ2n) is 6.15. The Morgan fingerprint density at radius 2 is 1.92 bits per heavy atom. The molecule has 1 unspecified atom stereocenters. The molecule has 0 aliphatic carbocycles. The van der Waals surface area contributed by atoms with Gasteiger partial charge in [0.25, 0.3) is 0 Å². The van der Waals surface area contributed by atoms with E-state index in [-0.39, 0.29) is 5.91 Å². The highest BCUT2D eigenvalue weighted by Gasteiger charge is 2.18. The second kappa shape index (κ2) is 8.15. The van der Waals surface area contributed by atoms with Crippen LogP contribution in [0.5, 0.6) is 0 Å². The number of urea groups is 1. The fourth-order valence-corrected chi connectivity index (χ4v) is 3.09. The van der Waals surface area contributed by atoms with Gasteiger partial charge < -0.3 is 5.32 Å². The molecule has 1 atom stereocenters. The second-order valence-corrected chi connectivity index (χ2v) is 7.51. The van der Waals surface area contributed by atoms with Crippen LogP contribution in [0, 0.1) is 12.8 Å². The van der Waals surface area contributed by atoms with Gasteiger partial charge in [0.15, 0.2) is 0 Å². The number of pyridine rings is 1. The van der Waals surface area contributed by atoms with Crippen molar-refractivity contribution in [2.45, 2.75) is 38.0 Å². The Bertz CT molecular complexity index is 746. The standard InChI is InChI=1S/C18H23N3O2S/c1-11(2)10-19-18(23)21-17(22)13(4)24-16-9-12(3)14-7-5-6-8-15(14)20-16/h5-9,11,13H,10H2,1-4H3,(H2,19,21,22,23). The van der Waals surface area contributed by atoms with E-state index in [0.29, 0.717) is 12.5 Å². The molecule has 0 bridgehead atoms. The number of rotatable bonds is 5. The van der Waals surface area contributed by atoms with E-state index < -0.39 is 11.3 Å². The maximum atomic E-state index is 12.1. The number of nitrogens with one attached hydrogen (secondary N) is 2. The fraction of sp³-hybridized carbons (Fsp3) is 0.389. The Labute approximate surface area is 146 Å². The molecule has 5 nitrogen and oxygen atoms in total. The van der Waals surface area contributed by atoms with E-state index in [1.54, 1.807) is 6.92 Å². The predicted molar refractivity (Wildman–Crippen MR) is 98.2 cm³/mol. The Morgan fingerprint density at radius 3 is 2.62 bits per heavy atom. The van der Waals surface area contributed by atoms with Gasteiger partial charge in [-0.05, 0) is 37.5 Å². The SMILES string of the molecule is Cc1cc(SC(C)C(=O)NC(=O)NCC(C)C)nc2ccccc12. The maximum absolute atomic E-state index is 12.1. The first kappa shape index (κ1) is 18.3. The number of imide groups is 1. The lowest BCUT2D eigenvalue weighted by atomic mass is 10.1. The summed E-state index contributed by atoms with van der Waals surface area (Å²) in [5.74, 6) is 0.0105. The molecule has 128 valence electrons. The molecule has 1 aromatic carbocycles. The number of carbonyl (C=O) groups is 2. The topological polar surface area (TPSA) is 71.1 Å². The predicted octanol–water partition coefficient (Wildman–Crippen LogP) is 3.51. The van der Waals surface area contributed by atoms with Crippen molar-refractivity contribution in [2.75, 3.05) is 6.54 Å². The smallest absolute Gasteiger partial charge is 0.321 e. The summed E-state index contributed by atoms with van der Waals surface area (Å²) in [4.78, 5) is 28.4. The van der Waals surface area contributed by atoms with Crippen LogP contribution in [-0.2, 0) is 4.79 Å². The van der Waals surface area contributed by atoms with Crippen LogP contribution >= 0.6 is 11.8 Å². The van der Waals surface area contributed by atoms with E-state index in [1.807, 2.05) is 51.1 Å². The molecule has 0 radical (unpaired) electrons. The van der Waals surface area contributed by atoms with Crippen molar-refractivity contribution in [2.24, 2.45) is 5.92 Å². The highest BCUT2D eigenvalue weighted by atomic mass is 32.2. The highest BCUT2D eigenvalue weighted by Crippen LogP contribution is 2.26. The van der Waals surface area contributed by atoms with Crippen molar-refractivity contribution in [3.05, 3.63) is 35.9 Å². The van der Waals surface area contributed by atoms with Crippen molar-refractivity contribution in [3.8, 4) is 0 Å². The van der Waals surface area contributed by atoms with Crippen molar-refractivity contribution < 1.29 is 9.59 Å². The quantitative estimate of drug-likeness (QED) is 0.814. The molecule has 1 aromatic heterocycles. The minimum Gasteiger partial charge on any atom is -0.338 e. The number of thioether (sulfide) groups is 1. The Morgan fingerprint density at radius 1 is 1.21 bits per heavy atom. The van der Waals surface area contributed by atoms with Gasteiger partial charge in [-0.1, -0.05) is 43.8 Å². The molecule has 2 rings (SSSR count). The van der Waals surface area contributed by atoms with E-state index in [9.17, 15) is 9.59 Å². The molecule has 24 heavy (non-hydrogen) atoms. The van der Waals surface area contributed by atoms with Crippen molar-refractivity contribution >= 4 is 34.6 Å². The average molecular weight is 345 g/mol. The molecule has 6 heteroatoms. The zero-order chi connectivity index (χ0) is 17.7. The van der Waals surface area contributed by atoms with Crippen LogP contribution < -0.4 is 10.6 Å². The number of fused-ring (bicyclic) bond motifs is 1. The van der Waals surface area contributed by atoms with Gasteiger partial charge in [0.2, 0.25) is 5.91 Å². The van der Waals surface area contributed by atoms with Crippen LogP contribution in [0.2, 0.25) is 0 Å². The van der Waals surface area contributed by atoms with Crippen LogP contribution in [0.4, 0.5) is 4.79 Å². The summed E-state index contributed by atoms with van der Waals surface area (Å²) >= 11 is 1.34. The lowest BCUT2D eigenvalue weighted by molar-refractivity contribution is -0.119. The first-order valence-corrected chi connectivity index (χ1v) is 8.86. The molecule has 0 aliphatic heterocycles. The number of hydrogen-bond acceptors (Lipinski definition) is 4. The first-order valence-electron chi connectivity index (χ1n) is 7.98. The summed E-state index contributed by atoms with van der Waals surface area (Å²) < 4.78 is 0. The highest BCUT2D eigenvalue weighted by molar-refractivity contribution is 8.00. The molecule has 0 saturated heterocycles. The number of nitrogens with zero attached hydrogens (tertiary/aromatic N) is 1. The number of benzene rings is 1. The Balaban J connectivity index is 2.00. The van der Waals surface area contributed by atoms with Gasteiger partial charge in [0.05, 0.1) is 15.8 Å². The van der Waals surface area contributed by atoms with Crippen molar-refractivity contribution in [3.63, 3.8) is 0 Å². The van der Waals surface area contributed by atoms with Gasteiger partial charge >= 0.3 is 6.03 Å². The van der Waals surface area contributed by atoms with Gasteiger partial charge in [0.1, 0.15) is 0 Å². The van der Waals surface area contributed by atoms with Crippen LogP contribution in [0.15, 0.2) is 35.4 Å². The van der Waals surface area contributed by atoms with Gasteiger partial charge in [-0.2, -0.15) is 0 Å². The summed E-state index contributed by atoms with van der Waals surface area (Å²) in [5, 5.41) is 6.50. The van der Waals surface area contributed by atoms with Crippen LogP contribution in [-0.4, -0.2) is 28.7 Å². The third-order valence-corrected chi connectivity index (χ3v) is 4.49. The largest absolute Gasteiger partial charge is 0.338 e. The van der Waals surface area contributed by atoms with Crippen LogP contribution in [0.1, 0.15) is 26.3 Å². The minimum absolute atomic E-state index is 0.325. The number of aromatic nitrogens is 1. The third-order valence-electron chi connectivity index (χ3n) is 3.47. The number of carbonyl (C=O) groups excluding carboxylic acids is 2. The zero-order valence-electron chi connectivity index (χ0n) is 14.4. The summed E-state index contributed by atoms with van der Waals surface area (Å²) in [5.41, 5.74) is 2.02. The van der Waals surface area contributed by atoms with Crippen molar-refractivity contribution in [1.82, 2.24) is 15.6 Å². The minimum atomic E-state index is -0.455. The molecule has 3 amide bonds. The number of hydrogen-bond donors (Lipinski definition) is 2. The van der Waals surface area contributed by atoms with Gasteiger partial charge in [0, 0.05) is 11.9 Å². The zero-order valence-corrected chi connectivity index (χ0v) is 15.2. The average Bonchev–Trinajstić information content (AvgIpc) is 2.53. The fourth-order valence-electron chi connectivity index (χ4n) is 2.17. The molecule has 2 N–H and O–H groups in total. The third kappa shape index (κ3) is 4.96. The molecule has 0 saturated carbocycles. The van der Waals surface area contributed by atoms with E-state index in [1.165, 1.54) is 11.8 Å². The number of aryl methyl sites for hydroxylation is 1. The summed E-state index contributed by atoms with van der Waals surface area (Å²) in [6.07, 6.45) is 0. The van der Waals surface area contributed by atoms with E-state index in [2.05, 4.69) is 15.6 Å². The molecular formula is C18H23N3O2S. The monoisotopic (exact) mass is 345 g/mol. The van der Waals surface area contributed by atoms with Gasteiger partial charge in [-0.15, -0.1) is 0 Å². The summed E-state index contributed by atoms with van der Waals surface area (Å²) in [6, 6.07) is 9.42. The van der Waals surface area contributed by atoms with E-state index >= 15 is 0 Å². The van der Waals surface area contributed by atoms with Crippen LogP contribution in [0.3, 0.4) is 0 Å². The number of amides is 3. The summed E-state index contributed by atoms with van der Waals surface area (Å²) in [6.45, 7) is 8.31. The number of para-hydroxylation sites is 1. The van der Waals surface area contributed by atoms with Crippen LogP contribution in [0.25, 0.3) is 10.9 Å². The Kier molecular flexibility index (Phi) is 6.20. The molecule has 0 spiro atoms. The van der Waals surface area contributed by atoms with Gasteiger partial charge in [-0.25, -0.2) is 9.78 Å². The summed E-state index contributed by atoms with van der Waals surface area (Å²) in [7, 11) is 0. The molecule has 0 aliphatic rings. The van der Waals surface area contributed by atoms with Gasteiger partial charge in [-0.3, -0.25) is 10.1 Å². The molecule has 0 fully saturated rings. The maximum Gasteiger partial charge on any atom is 0.321 e. The molecule has 1 heterocycles. The van der Waals surface area contributed by atoms with Crippen molar-refractivity contribution in [1.29, 1.82) is 0 Å². The molecule has 2 aromatic rings. The lowest BCUT2D eigenvalue weighted by Crippen LogP contribution is -2.43. The van der Waals surface area contributed by atoms with E-state index in [0.717, 1.165) is 21.5 Å². The van der Waals surface area contributed by atoms with E-state index in [4.69, 9.17) is 0 Å². The molecular weight excluding hydrogens is 322 g/mol. The normalized spacial score (nSPS) is 12.2. The first-order chi connectivity index (χ1) is 11.4. The Hall–Kier alpha value is -2.08. The lowest BCUT2D eigenvalue weighted by Gasteiger charge is -2.13.